The molecular weight excluding hydrogens is 336 g/mol. The van der Waals surface area contributed by atoms with Crippen LogP contribution in [-0.2, 0) is 4.79 Å². The number of nitrogens with one attached hydrogen (secondary N) is 2. The van der Waals surface area contributed by atoms with Gasteiger partial charge in [0.2, 0.25) is 5.91 Å². The first-order chi connectivity index (χ1) is 11.7. The summed E-state index contributed by atoms with van der Waals surface area (Å²) < 4.78 is 5.96. The molecule has 2 fully saturated rings. The van der Waals surface area contributed by atoms with Crippen LogP contribution in [0.4, 0.5) is 5.69 Å². The first kappa shape index (κ1) is 20.1. The number of anilines is 1. The van der Waals surface area contributed by atoms with E-state index in [2.05, 4.69) is 17.6 Å². The van der Waals surface area contributed by atoms with E-state index >= 15 is 0 Å². The molecule has 1 saturated carbocycles. The first-order valence-corrected chi connectivity index (χ1v) is 9.48. The number of rotatable bonds is 6. The molecular formula is C20H31ClN2O2. The summed E-state index contributed by atoms with van der Waals surface area (Å²) in [4.78, 5) is 12.3. The average Bonchev–Trinajstić information content (AvgIpc) is 3.10. The fraction of sp³-hybridized carbons (Fsp3) is 0.650. The largest absolute Gasteiger partial charge is 0.490 e. The molecule has 1 heterocycles. The highest BCUT2D eigenvalue weighted by atomic mass is 35.5. The molecule has 0 bridgehead atoms. The molecule has 140 valence electrons. The van der Waals surface area contributed by atoms with Crippen molar-refractivity contribution in [1.29, 1.82) is 0 Å². The average molecular weight is 367 g/mol. The summed E-state index contributed by atoms with van der Waals surface area (Å²) in [6, 6.07) is 7.80. The summed E-state index contributed by atoms with van der Waals surface area (Å²) in [5.74, 6) is 2.05. The van der Waals surface area contributed by atoms with E-state index in [1.165, 1.54) is 25.7 Å². The standard InChI is InChI=1S/C20H30N2O2.ClH/c1-15(16-5-4-12-21-14-16)13-20(23)22-17-8-10-19(11-9-17)24-18-6-2-3-7-18;/h8-11,15-16,18,21H,2-7,12-14H2,1H3,(H,22,23);1H. The summed E-state index contributed by atoms with van der Waals surface area (Å²) >= 11 is 0. The minimum atomic E-state index is 0. The zero-order valence-corrected chi connectivity index (χ0v) is 15.9. The maximum absolute atomic E-state index is 12.3. The van der Waals surface area contributed by atoms with Crippen molar-refractivity contribution in [1.82, 2.24) is 5.32 Å². The number of benzene rings is 1. The van der Waals surface area contributed by atoms with Crippen LogP contribution in [0.5, 0.6) is 5.75 Å². The third-order valence-electron chi connectivity index (χ3n) is 5.39. The van der Waals surface area contributed by atoms with Crippen molar-refractivity contribution in [2.75, 3.05) is 18.4 Å². The van der Waals surface area contributed by atoms with E-state index in [1.54, 1.807) is 0 Å². The van der Waals surface area contributed by atoms with Crippen molar-refractivity contribution in [2.24, 2.45) is 11.8 Å². The Bertz CT molecular complexity index is 523. The molecule has 25 heavy (non-hydrogen) atoms. The maximum Gasteiger partial charge on any atom is 0.224 e. The van der Waals surface area contributed by atoms with Crippen molar-refractivity contribution in [3.63, 3.8) is 0 Å². The minimum absolute atomic E-state index is 0. The van der Waals surface area contributed by atoms with Gasteiger partial charge >= 0.3 is 0 Å². The second-order valence-electron chi connectivity index (χ2n) is 7.38. The number of carbonyl (C=O) groups is 1. The number of carbonyl (C=O) groups excluding carboxylic acids is 1. The Hall–Kier alpha value is -1.26. The Labute approximate surface area is 157 Å². The molecule has 0 spiro atoms. The highest BCUT2D eigenvalue weighted by Gasteiger charge is 2.22. The quantitative estimate of drug-likeness (QED) is 0.784. The lowest BCUT2D eigenvalue weighted by Crippen LogP contribution is -2.34. The lowest BCUT2D eigenvalue weighted by molar-refractivity contribution is -0.117. The normalized spacial score (nSPS) is 22.0. The van der Waals surface area contributed by atoms with Gasteiger partial charge in [-0.15, -0.1) is 12.4 Å². The van der Waals surface area contributed by atoms with Gasteiger partial charge in [-0.1, -0.05) is 6.92 Å². The van der Waals surface area contributed by atoms with E-state index in [0.29, 0.717) is 24.4 Å². The second kappa shape index (κ2) is 10.0. The third-order valence-corrected chi connectivity index (χ3v) is 5.39. The van der Waals surface area contributed by atoms with Gasteiger partial charge in [0.1, 0.15) is 5.75 Å². The molecule has 1 aliphatic heterocycles. The van der Waals surface area contributed by atoms with E-state index in [-0.39, 0.29) is 18.3 Å². The van der Waals surface area contributed by atoms with Crippen LogP contribution in [0.25, 0.3) is 0 Å². The number of piperidine rings is 1. The lowest BCUT2D eigenvalue weighted by atomic mass is 9.85. The molecule has 2 unspecified atom stereocenters. The smallest absolute Gasteiger partial charge is 0.224 e. The predicted octanol–water partition coefficient (Wildman–Crippen LogP) is 4.39. The number of hydrogen-bond acceptors (Lipinski definition) is 3. The van der Waals surface area contributed by atoms with Crippen LogP contribution in [-0.4, -0.2) is 25.1 Å². The molecule has 2 aliphatic rings. The summed E-state index contributed by atoms with van der Waals surface area (Å²) in [7, 11) is 0. The molecule has 0 radical (unpaired) electrons. The van der Waals surface area contributed by atoms with E-state index < -0.39 is 0 Å². The molecule has 5 heteroatoms. The van der Waals surface area contributed by atoms with Gasteiger partial charge in [-0.3, -0.25) is 4.79 Å². The molecule has 0 aromatic heterocycles. The third kappa shape index (κ3) is 6.19. The van der Waals surface area contributed by atoms with Crippen LogP contribution in [0.3, 0.4) is 0 Å². The van der Waals surface area contributed by atoms with Crippen LogP contribution in [0.1, 0.15) is 51.9 Å². The van der Waals surface area contributed by atoms with Crippen molar-refractivity contribution in [3.05, 3.63) is 24.3 Å². The highest BCUT2D eigenvalue weighted by Crippen LogP contribution is 2.26. The van der Waals surface area contributed by atoms with Crippen molar-refractivity contribution in [2.45, 2.75) is 58.0 Å². The van der Waals surface area contributed by atoms with Crippen LogP contribution >= 0.6 is 12.4 Å². The van der Waals surface area contributed by atoms with Gasteiger partial charge in [-0.25, -0.2) is 0 Å². The summed E-state index contributed by atoms with van der Waals surface area (Å²) in [5.41, 5.74) is 0.854. The van der Waals surface area contributed by atoms with Gasteiger partial charge < -0.3 is 15.4 Å². The minimum Gasteiger partial charge on any atom is -0.490 e. The molecule has 3 rings (SSSR count). The SMILES string of the molecule is CC(CC(=O)Nc1ccc(OC2CCCC2)cc1)C1CCCNC1.Cl. The first-order valence-electron chi connectivity index (χ1n) is 9.48. The van der Waals surface area contributed by atoms with Gasteiger partial charge in [0.25, 0.3) is 0 Å². The Morgan fingerprint density at radius 1 is 1.20 bits per heavy atom. The van der Waals surface area contributed by atoms with Gasteiger partial charge in [0, 0.05) is 12.1 Å². The van der Waals surface area contributed by atoms with Gasteiger partial charge in [-0.05, 0) is 87.7 Å². The number of amides is 1. The molecule has 4 nitrogen and oxygen atoms in total. The second-order valence-corrected chi connectivity index (χ2v) is 7.38. The summed E-state index contributed by atoms with van der Waals surface area (Å²) in [6.45, 7) is 4.35. The van der Waals surface area contributed by atoms with Gasteiger partial charge in [0.15, 0.2) is 0 Å². The lowest BCUT2D eigenvalue weighted by Gasteiger charge is -2.28. The monoisotopic (exact) mass is 366 g/mol. The van der Waals surface area contributed by atoms with Gasteiger partial charge in [0.05, 0.1) is 6.10 Å². The Morgan fingerprint density at radius 3 is 2.56 bits per heavy atom. The molecule has 1 aliphatic carbocycles. The van der Waals surface area contributed by atoms with E-state index in [9.17, 15) is 4.79 Å². The number of hydrogen-bond donors (Lipinski definition) is 2. The zero-order chi connectivity index (χ0) is 16.8. The highest BCUT2D eigenvalue weighted by molar-refractivity contribution is 5.90. The van der Waals surface area contributed by atoms with Crippen LogP contribution in [0, 0.1) is 11.8 Å². The molecule has 1 amide bonds. The Kier molecular flexibility index (Phi) is 8.04. The molecule has 2 N–H and O–H groups in total. The fourth-order valence-electron chi connectivity index (χ4n) is 3.85. The maximum atomic E-state index is 12.3. The number of halogens is 1. The van der Waals surface area contributed by atoms with Crippen LogP contribution < -0.4 is 15.4 Å². The molecule has 1 aromatic rings. The van der Waals surface area contributed by atoms with Crippen molar-refractivity contribution in [3.8, 4) is 5.75 Å². The topological polar surface area (TPSA) is 50.4 Å². The zero-order valence-electron chi connectivity index (χ0n) is 15.1. The van der Waals surface area contributed by atoms with E-state index in [0.717, 1.165) is 37.4 Å². The summed E-state index contributed by atoms with van der Waals surface area (Å²) in [5, 5.41) is 6.45. The van der Waals surface area contributed by atoms with E-state index in [4.69, 9.17) is 4.74 Å². The fourth-order valence-corrected chi connectivity index (χ4v) is 3.85. The van der Waals surface area contributed by atoms with Crippen LogP contribution in [0.2, 0.25) is 0 Å². The molecule has 1 aromatic carbocycles. The Morgan fingerprint density at radius 2 is 1.92 bits per heavy atom. The predicted molar refractivity (Wildman–Crippen MR) is 105 cm³/mol. The summed E-state index contributed by atoms with van der Waals surface area (Å²) in [6.07, 6.45) is 8.27. The van der Waals surface area contributed by atoms with E-state index in [1.807, 2.05) is 24.3 Å². The molecule has 2 atom stereocenters. The number of ether oxygens (including phenoxy) is 1. The van der Waals surface area contributed by atoms with Crippen molar-refractivity contribution < 1.29 is 9.53 Å². The Balaban J connectivity index is 0.00000225. The van der Waals surface area contributed by atoms with Gasteiger partial charge in [-0.2, -0.15) is 0 Å². The van der Waals surface area contributed by atoms with Crippen LogP contribution in [0.15, 0.2) is 24.3 Å². The van der Waals surface area contributed by atoms with Crippen molar-refractivity contribution >= 4 is 24.0 Å². The molecule has 1 saturated heterocycles.